The van der Waals surface area contributed by atoms with Gasteiger partial charge in [0.15, 0.2) is 0 Å². The molecule has 0 bridgehead atoms. The molecule has 7 heteroatoms. The highest BCUT2D eigenvalue weighted by Gasteiger charge is 2.22. The molecule has 4 aromatic rings. The van der Waals surface area contributed by atoms with Crippen LogP contribution in [0.3, 0.4) is 0 Å². The molecule has 178 valence electrons. The SMILES string of the molecule is COc1ccccc1N1CCN(C(=O)/C=C/c2cn(Cc3ccccc3)nc2-c2cccs2)CC1. The molecule has 0 unspecified atom stereocenters. The van der Waals surface area contributed by atoms with Gasteiger partial charge in [0.2, 0.25) is 5.91 Å². The molecule has 0 radical (unpaired) electrons. The minimum absolute atomic E-state index is 0.0256. The van der Waals surface area contributed by atoms with E-state index in [0.717, 1.165) is 40.7 Å². The molecule has 1 aliphatic rings. The topological polar surface area (TPSA) is 50.6 Å². The van der Waals surface area contributed by atoms with Crippen LogP contribution in [0.2, 0.25) is 0 Å². The van der Waals surface area contributed by atoms with Gasteiger partial charge < -0.3 is 14.5 Å². The zero-order chi connectivity index (χ0) is 24.0. The lowest BCUT2D eigenvalue weighted by molar-refractivity contribution is -0.126. The van der Waals surface area contributed by atoms with E-state index in [2.05, 4.69) is 29.2 Å². The van der Waals surface area contributed by atoms with Crippen LogP contribution in [-0.2, 0) is 11.3 Å². The van der Waals surface area contributed by atoms with Gasteiger partial charge in [-0.3, -0.25) is 9.48 Å². The van der Waals surface area contributed by atoms with Crippen molar-refractivity contribution in [3.63, 3.8) is 0 Å². The Bertz CT molecular complexity index is 1290. The van der Waals surface area contributed by atoms with Crippen molar-refractivity contribution in [2.45, 2.75) is 6.54 Å². The van der Waals surface area contributed by atoms with E-state index in [1.54, 1.807) is 24.5 Å². The molecule has 3 heterocycles. The van der Waals surface area contributed by atoms with Crippen LogP contribution in [0.25, 0.3) is 16.6 Å². The van der Waals surface area contributed by atoms with Crippen molar-refractivity contribution in [2.75, 3.05) is 38.2 Å². The van der Waals surface area contributed by atoms with Gasteiger partial charge >= 0.3 is 0 Å². The lowest BCUT2D eigenvalue weighted by Crippen LogP contribution is -2.48. The van der Waals surface area contributed by atoms with E-state index in [-0.39, 0.29) is 5.91 Å². The fraction of sp³-hybridized carbons (Fsp3) is 0.214. The lowest BCUT2D eigenvalue weighted by Gasteiger charge is -2.36. The highest BCUT2D eigenvalue weighted by atomic mass is 32.1. The third kappa shape index (κ3) is 5.30. The second-order valence-corrected chi connectivity index (χ2v) is 9.36. The van der Waals surface area contributed by atoms with Crippen LogP contribution in [0.4, 0.5) is 5.69 Å². The van der Waals surface area contributed by atoms with Crippen molar-refractivity contribution in [1.29, 1.82) is 0 Å². The summed E-state index contributed by atoms with van der Waals surface area (Å²) in [5.41, 5.74) is 4.11. The van der Waals surface area contributed by atoms with E-state index in [0.29, 0.717) is 19.6 Å². The van der Waals surface area contributed by atoms with Gasteiger partial charge in [-0.15, -0.1) is 11.3 Å². The maximum Gasteiger partial charge on any atom is 0.246 e. The highest BCUT2D eigenvalue weighted by molar-refractivity contribution is 7.13. The smallest absolute Gasteiger partial charge is 0.246 e. The lowest BCUT2D eigenvalue weighted by atomic mass is 10.2. The van der Waals surface area contributed by atoms with E-state index in [1.165, 1.54) is 5.56 Å². The van der Waals surface area contributed by atoms with Crippen molar-refractivity contribution in [3.8, 4) is 16.3 Å². The monoisotopic (exact) mass is 484 g/mol. The number of piperazine rings is 1. The largest absolute Gasteiger partial charge is 0.495 e. The summed E-state index contributed by atoms with van der Waals surface area (Å²) in [6, 6.07) is 22.4. The van der Waals surface area contributed by atoms with Gasteiger partial charge in [-0.25, -0.2) is 0 Å². The normalized spacial score (nSPS) is 14.0. The van der Waals surface area contributed by atoms with Crippen molar-refractivity contribution >= 4 is 29.0 Å². The number of methoxy groups -OCH3 is 1. The zero-order valence-electron chi connectivity index (χ0n) is 19.7. The quantitative estimate of drug-likeness (QED) is 0.345. The first-order valence-corrected chi connectivity index (χ1v) is 12.6. The van der Waals surface area contributed by atoms with Crippen molar-refractivity contribution in [1.82, 2.24) is 14.7 Å². The second kappa shape index (κ2) is 10.6. The maximum absolute atomic E-state index is 13.0. The van der Waals surface area contributed by atoms with E-state index < -0.39 is 0 Å². The van der Waals surface area contributed by atoms with Crippen LogP contribution >= 0.6 is 11.3 Å². The third-order valence-electron chi connectivity index (χ3n) is 6.15. The summed E-state index contributed by atoms with van der Waals surface area (Å²) in [5.74, 6) is 0.887. The van der Waals surface area contributed by atoms with Crippen molar-refractivity contribution in [3.05, 3.63) is 95.5 Å². The van der Waals surface area contributed by atoms with Gasteiger partial charge in [0.05, 0.1) is 24.2 Å². The Labute approximate surface area is 209 Å². The summed E-state index contributed by atoms with van der Waals surface area (Å²) >= 11 is 1.65. The van der Waals surface area contributed by atoms with Crippen LogP contribution in [0, 0.1) is 0 Å². The minimum atomic E-state index is 0.0256. The molecule has 1 aliphatic heterocycles. The molecule has 2 aromatic carbocycles. The van der Waals surface area contributed by atoms with Gasteiger partial charge in [0.25, 0.3) is 0 Å². The Kier molecular flexibility index (Phi) is 6.95. The van der Waals surface area contributed by atoms with E-state index >= 15 is 0 Å². The van der Waals surface area contributed by atoms with Gasteiger partial charge in [-0.1, -0.05) is 48.5 Å². The predicted octanol–water partition coefficient (Wildman–Crippen LogP) is 5.03. The molecule has 6 nitrogen and oxygen atoms in total. The van der Waals surface area contributed by atoms with E-state index in [4.69, 9.17) is 9.84 Å². The Balaban J connectivity index is 1.28. The number of hydrogen-bond donors (Lipinski definition) is 0. The Morgan fingerprint density at radius 1 is 1.00 bits per heavy atom. The molecule has 0 saturated carbocycles. The fourth-order valence-corrected chi connectivity index (χ4v) is 5.07. The summed E-state index contributed by atoms with van der Waals surface area (Å²) in [5, 5.41) is 6.88. The molecule has 35 heavy (non-hydrogen) atoms. The number of hydrogen-bond acceptors (Lipinski definition) is 5. The number of carbonyl (C=O) groups is 1. The van der Waals surface area contributed by atoms with Crippen LogP contribution in [0.5, 0.6) is 5.75 Å². The summed E-state index contributed by atoms with van der Waals surface area (Å²) in [6.07, 6.45) is 5.60. The first-order valence-electron chi connectivity index (χ1n) is 11.7. The molecule has 0 aliphatic carbocycles. The second-order valence-electron chi connectivity index (χ2n) is 8.41. The molecule has 5 rings (SSSR count). The molecule has 0 N–H and O–H groups in total. The summed E-state index contributed by atoms with van der Waals surface area (Å²) in [4.78, 5) is 18.3. The predicted molar refractivity (Wildman–Crippen MR) is 142 cm³/mol. The summed E-state index contributed by atoms with van der Waals surface area (Å²) in [7, 11) is 1.69. The third-order valence-corrected chi connectivity index (χ3v) is 7.03. The molecule has 0 spiro atoms. The Hall–Kier alpha value is -3.84. The number of amides is 1. The molecule has 1 fully saturated rings. The summed E-state index contributed by atoms with van der Waals surface area (Å²) < 4.78 is 7.45. The average molecular weight is 485 g/mol. The van der Waals surface area contributed by atoms with Gasteiger partial charge in [0, 0.05) is 44.0 Å². The number of benzene rings is 2. The fourth-order valence-electron chi connectivity index (χ4n) is 4.34. The first-order chi connectivity index (χ1) is 17.2. The van der Waals surface area contributed by atoms with Gasteiger partial charge in [0.1, 0.15) is 11.4 Å². The van der Waals surface area contributed by atoms with Crippen LogP contribution in [-0.4, -0.2) is 53.9 Å². The molecule has 1 amide bonds. The highest BCUT2D eigenvalue weighted by Crippen LogP contribution is 2.29. The zero-order valence-corrected chi connectivity index (χ0v) is 20.5. The molecule has 1 saturated heterocycles. The number of thiophene rings is 1. The van der Waals surface area contributed by atoms with E-state index in [9.17, 15) is 4.79 Å². The first kappa shape index (κ1) is 22.9. The van der Waals surface area contributed by atoms with Crippen LogP contribution in [0.15, 0.2) is 84.4 Å². The summed E-state index contributed by atoms with van der Waals surface area (Å²) in [6.45, 7) is 3.58. The Morgan fingerprint density at radius 3 is 2.51 bits per heavy atom. The number of carbonyl (C=O) groups excluding carboxylic acids is 1. The molecular formula is C28H28N4O2S. The van der Waals surface area contributed by atoms with Crippen LogP contribution in [0.1, 0.15) is 11.1 Å². The van der Waals surface area contributed by atoms with Crippen LogP contribution < -0.4 is 9.64 Å². The molecular weight excluding hydrogens is 456 g/mol. The molecule has 0 atom stereocenters. The number of aromatic nitrogens is 2. The van der Waals surface area contributed by atoms with Gasteiger partial charge in [-0.2, -0.15) is 5.10 Å². The Morgan fingerprint density at radius 2 is 1.77 bits per heavy atom. The standard InChI is InChI=1S/C28H28N4O2S/c1-34-25-11-6-5-10-24(25)30-15-17-31(18-16-30)27(33)14-13-23-21-32(20-22-8-3-2-4-9-22)29-28(23)26-12-7-19-35-26/h2-14,19,21H,15-18,20H2,1H3/b14-13+. The number of anilines is 1. The number of ether oxygens (including phenoxy) is 1. The minimum Gasteiger partial charge on any atom is -0.495 e. The average Bonchev–Trinajstić information content (AvgIpc) is 3.58. The van der Waals surface area contributed by atoms with Crippen molar-refractivity contribution < 1.29 is 9.53 Å². The number of nitrogens with zero attached hydrogens (tertiary/aromatic N) is 4. The number of rotatable bonds is 7. The molecule has 2 aromatic heterocycles. The maximum atomic E-state index is 13.0. The van der Waals surface area contributed by atoms with Crippen molar-refractivity contribution in [2.24, 2.45) is 0 Å². The number of para-hydroxylation sites is 2. The van der Waals surface area contributed by atoms with E-state index in [1.807, 2.05) is 69.7 Å². The van der Waals surface area contributed by atoms with Gasteiger partial charge in [-0.05, 0) is 35.2 Å².